The maximum atomic E-state index is 12.4. The van der Waals surface area contributed by atoms with Gasteiger partial charge in [0.05, 0.1) is 20.3 Å². The lowest BCUT2D eigenvalue weighted by atomic mass is 9.89. The lowest BCUT2D eigenvalue weighted by Gasteiger charge is -2.38. The van der Waals surface area contributed by atoms with E-state index < -0.39 is 5.60 Å². The summed E-state index contributed by atoms with van der Waals surface area (Å²) >= 11 is 0. The molecule has 1 aliphatic rings. The number of methoxy groups -OCH3 is 2. The fourth-order valence-electron chi connectivity index (χ4n) is 3.14. The van der Waals surface area contributed by atoms with Gasteiger partial charge in [0.1, 0.15) is 28.6 Å². The Hall–Kier alpha value is -2.89. The molecule has 1 atom stereocenters. The van der Waals surface area contributed by atoms with Crippen LogP contribution in [0.2, 0.25) is 0 Å². The van der Waals surface area contributed by atoms with Crippen molar-refractivity contribution >= 4 is 5.91 Å². The summed E-state index contributed by atoms with van der Waals surface area (Å²) in [7, 11) is 3.22. The lowest BCUT2D eigenvalue weighted by molar-refractivity contribution is -0.124. The van der Waals surface area contributed by atoms with Crippen molar-refractivity contribution in [3.05, 3.63) is 48.0 Å². The third kappa shape index (κ3) is 4.64. The number of ether oxygens (including phenoxy) is 4. The van der Waals surface area contributed by atoms with Crippen LogP contribution < -0.4 is 24.3 Å². The van der Waals surface area contributed by atoms with Gasteiger partial charge in [-0.1, -0.05) is 0 Å². The largest absolute Gasteiger partial charge is 0.497 e. The average Bonchev–Trinajstić information content (AvgIpc) is 2.65. The number of hydrogen-bond acceptors (Lipinski definition) is 5. The minimum absolute atomic E-state index is 0.0599. The van der Waals surface area contributed by atoms with E-state index in [1.54, 1.807) is 38.5 Å². The van der Waals surface area contributed by atoms with Gasteiger partial charge in [0.15, 0.2) is 6.61 Å². The summed E-state index contributed by atoms with van der Waals surface area (Å²) in [6.45, 7) is 3.94. The molecule has 2 aromatic rings. The Labute approximate surface area is 159 Å². The fourth-order valence-corrected chi connectivity index (χ4v) is 3.14. The van der Waals surface area contributed by atoms with Crippen LogP contribution in [-0.2, 0) is 4.79 Å². The van der Waals surface area contributed by atoms with Crippen molar-refractivity contribution in [1.82, 2.24) is 5.32 Å². The van der Waals surface area contributed by atoms with Crippen LogP contribution in [-0.4, -0.2) is 32.3 Å². The van der Waals surface area contributed by atoms with Crippen molar-refractivity contribution in [2.45, 2.75) is 31.9 Å². The number of amides is 1. The fraction of sp³-hybridized carbons (Fsp3) is 0.381. The highest BCUT2D eigenvalue weighted by Gasteiger charge is 2.34. The maximum Gasteiger partial charge on any atom is 0.258 e. The van der Waals surface area contributed by atoms with Gasteiger partial charge in [0, 0.05) is 18.1 Å². The van der Waals surface area contributed by atoms with Crippen molar-refractivity contribution in [1.29, 1.82) is 0 Å². The summed E-state index contributed by atoms with van der Waals surface area (Å²) in [6, 6.07) is 12.6. The molecule has 0 saturated heterocycles. The predicted molar refractivity (Wildman–Crippen MR) is 102 cm³/mol. The highest BCUT2D eigenvalue weighted by atomic mass is 16.5. The molecule has 0 saturated carbocycles. The van der Waals surface area contributed by atoms with Crippen LogP contribution in [0, 0.1) is 0 Å². The van der Waals surface area contributed by atoms with Crippen molar-refractivity contribution in [3.8, 4) is 23.0 Å². The molecule has 6 heteroatoms. The Morgan fingerprint density at radius 2 is 1.70 bits per heavy atom. The van der Waals surface area contributed by atoms with Crippen LogP contribution in [0.15, 0.2) is 42.5 Å². The molecule has 1 N–H and O–H groups in total. The predicted octanol–water partition coefficient (Wildman–Crippen LogP) is 3.50. The molecule has 1 amide bonds. The Bertz CT molecular complexity index is 801. The number of carbonyl (C=O) groups is 1. The number of fused-ring (bicyclic) bond motifs is 1. The van der Waals surface area contributed by atoms with Crippen molar-refractivity contribution in [2.24, 2.45) is 0 Å². The Balaban J connectivity index is 1.66. The van der Waals surface area contributed by atoms with Gasteiger partial charge in [-0.2, -0.15) is 0 Å². The lowest BCUT2D eigenvalue weighted by Crippen LogP contribution is -2.42. The highest BCUT2D eigenvalue weighted by Crippen LogP contribution is 2.41. The third-order valence-electron chi connectivity index (χ3n) is 4.44. The van der Waals surface area contributed by atoms with Gasteiger partial charge in [-0.25, -0.2) is 0 Å². The number of carbonyl (C=O) groups excluding carboxylic acids is 1. The Morgan fingerprint density at radius 1 is 1.07 bits per heavy atom. The van der Waals surface area contributed by atoms with Crippen LogP contribution in [0.25, 0.3) is 0 Å². The van der Waals surface area contributed by atoms with Gasteiger partial charge in [0.2, 0.25) is 0 Å². The molecule has 0 spiro atoms. The van der Waals surface area contributed by atoms with Gasteiger partial charge in [0.25, 0.3) is 5.91 Å². The van der Waals surface area contributed by atoms with Gasteiger partial charge >= 0.3 is 0 Å². The molecule has 144 valence electrons. The van der Waals surface area contributed by atoms with E-state index >= 15 is 0 Å². The topological polar surface area (TPSA) is 66.0 Å². The van der Waals surface area contributed by atoms with E-state index in [2.05, 4.69) is 5.32 Å². The smallest absolute Gasteiger partial charge is 0.258 e. The third-order valence-corrected chi connectivity index (χ3v) is 4.44. The number of nitrogens with one attached hydrogen (secondary N) is 1. The van der Waals surface area contributed by atoms with Crippen LogP contribution in [0.3, 0.4) is 0 Å². The highest BCUT2D eigenvalue weighted by molar-refractivity contribution is 5.78. The van der Waals surface area contributed by atoms with E-state index in [1.165, 1.54) is 0 Å². The molecular formula is C21H25NO5. The molecule has 1 aliphatic heterocycles. The quantitative estimate of drug-likeness (QED) is 0.842. The zero-order chi connectivity index (χ0) is 19.4. The number of hydrogen-bond donors (Lipinski definition) is 1. The maximum absolute atomic E-state index is 12.4. The minimum Gasteiger partial charge on any atom is -0.497 e. The molecule has 6 nitrogen and oxygen atoms in total. The van der Waals surface area contributed by atoms with Gasteiger partial charge in [-0.3, -0.25) is 4.79 Å². The van der Waals surface area contributed by atoms with E-state index in [1.807, 2.05) is 32.0 Å². The number of rotatable bonds is 6. The molecule has 27 heavy (non-hydrogen) atoms. The van der Waals surface area contributed by atoms with E-state index in [4.69, 9.17) is 18.9 Å². The van der Waals surface area contributed by atoms with E-state index in [0.29, 0.717) is 12.2 Å². The second-order valence-corrected chi connectivity index (χ2v) is 7.05. The summed E-state index contributed by atoms with van der Waals surface area (Å²) in [6.07, 6.45) is 0.667. The molecule has 1 unspecified atom stereocenters. The first-order valence-corrected chi connectivity index (χ1v) is 8.83. The summed E-state index contributed by atoms with van der Waals surface area (Å²) in [5, 5.41) is 3.05. The molecule has 0 aliphatic carbocycles. The molecule has 0 fully saturated rings. The molecule has 0 aromatic heterocycles. The van der Waals surface area contributed by atoms with Crippen molar-refractivity contribution in [2.75, 3.05) is 20.8 Å². The second-order valence-electron chi connectivity index (χ2n) is 7.05. The number of benzene rings is 2. The Kier molecular flexibility index (Phi) is 5.44. The summed E-state index contributed by atoms with van der Waals surface area (Å²) < 4.78 is 22.0. The van der Waals surface area contributed by atoms with Gasteiger partial charge < -0.3 is 24.3 Å². The Morgan fingerprint density at radius 3 is 2.37 bits per heavy atom. The van der Waals surface area contributed by atoms with Crippen LogP contribution in [0.5, 0.6) is 23.0 Å². The van der Waals surface area contributed by atoms with E-state index in [9.17, 15) is 4.79 Å². The molecule has 1 heterocycles. The molecule has 0 bridgehead atoms. The summed E-state index contributed by atoms with van der Waals surface area (Å²) in [4.78, 5) is 12.4. The molecule has 2 aromatic carbocycles. The first-order valence-electron chi connectivity index (χ1n) is 8.83. The minimum atomic E-state index is -0.395. The zero-order valence-electron chi connectivity index (χ0n) is 16.1. The monoisotopic (exact) mass is 371 g/mol. The SMILES string of the molecule is COc1ccc(OCC(=O)NC2CC(C)(C)Oc3cc(OC)ccc32)cc1. The second kappa shape index (κ2) is 7.78. The van der Waals surface area contributed by atoms with Gasteiger partial charge in [-0.05, 0) is 50.2 Å². The van der Waals surface area contributed by atoms with Crippen molar-refractivity contribution in [3.63, 3.8) is 0 Å². The zero-order valence-corrected chi connectivity index (χ0v) is 16.1. The molecule has 3 rings (SSSR count). The van der Waals surface area contributed by atoms with Crippen LogP contribution in [0.4, 0.5) is 0 Å². The average molecular weight is 371 g/mol. The van der Waals surface area contributed by atoms with Gasteiger partial charge in [-0.15, -0.1) is 0 Å². The summed E-state index contributed by atoms with van der Waals surface area (Å²) in [5.74, 6) is 2.62. The van der Waals surface area contributed by atoms with Crippen molar-refractivity contribution < 1.29 is 23.7 Å². The molecular weight excluding hydrogens is 346 g/mol. The van der Waals surface area contributed by atoms with Crippen LogP contribution >= 0.6 is 0 Å². The van der Waals surface area contributed by atoms with E-state index in [-0.39, 0.29) is 18.6 Å². The normalized spacial score (nSPS) is 17.3. The first kappa shape index (κ1) is 18.9. The summed E-state index contributed by atoms with van der Waals surface area (Å²) in [5.41, 5.74) is 0.543. The molecule has 0 radical (unpaired) electrons. The van der Waals surface area contributed by atoms with Crippen LogP contribution in [0.1, 0.15) is 31.9 Å². The van der Waals surface area contributed by atoms with E-state index in [0.717, 1.165) is 22.8 Å². The standard InChI is InChI=1S/C21H25NO5/c1-21(2)12-18(17-10-9-16(25-4)11-19(17)27-21)22-20(23)13-26-15-7-5-14(24-3)6-8-15/h5-11,18H,12-13H2,1-4H3,(H,22,23). The first-order chi connectivity index (χ1) is 12.9.